The molecular formula is C21H30Cl2FN3O3. The summed E-state index contributed by atoms with van der Waals surface area (Å²) >= 11 is 12.3. The number of halogens is 3. The van der Waals surface area contributed by atoms with Gasteiger partial charge in [-0.05, 0) is 39.3 Å². The highest BCUT2D eigenvalue weighted by Gasteiger charge is 2.34. The van der Waals surface area contributed by atoms with Crippen molar-refractivity contribution >= 4 is 29.3 Å². The monoisotopic (exact) mass is 461 g/mol. The molecule has 9 heteroatoms. The van der Waals surface area contributed by atoms with Crippen molar-refractivity contribution in [2.24, 2.45) is 0 Å². The minimum Gasteiger partial charge on any atom is -0.444 e. The summed E-state index contributed by atoms with van der Waals surface area (Å²) in [5, 5.41) is 3.79. The third kappa shape index (κ3) is 6.69. The Bertz CT molecular complexity index is 739. The summed E-state index contributed by atoms with van der Waals surface area (Å²) < 4.78 is 25.4. The number of rotatable bonds is 4. The SMILES string of the molecule is CC(C)(C)OC(=O)N1CCN(C2CC(Cl)CC(OCc3ccc(Cl)cc3F)N2)CC1. The fourth-order valence-electron chi connectivity index (χ4n) is 3.66. The van der Waals surface area contributed by atoms with Crippen molar-refractivity contribution < 1.29 is 18.7 Å². The Morgan fingerprint density at radius 2 is 1.93 bits per heavy atom. The first-order chi connectivity index (χ1) is 14.1. The summed E-state index contributed by atoms with van der Waals surface area (Å²) in [6, 6.07) is 4.56. The fourth-order valence-corrected chi connectivity index (χ4v) is 4.15. The van der Waals surface area contributed by atoms with Crippen molar-refractivity contribution in [1.29, 1.82) is 0 Å². The number of ether oxygens (including phenoxy) is 2. The molecule has 0 bridgehead atoms. The highest BCUT2D eigenvalue weighted by molar-refractivity contribution is 6.30. The molecule has 0 radical (unpaired) electrons. The Morgan fingerprint density at radius 3 is 2.57 bits per heavy atom. The smallest absolute Gasteiger partial charge is 0.410 e. The Kier molecular flexibility index (Phi) is 7.85. The predicted octanol–water partition coefficient (Wildman–Crippen LogP) is 4.19. The average Bonchev–Trinajstić information content (AvgIpc) is 2.66. The first kappa shape index (κ1) is 23.5. The highest BCUT2D eigenvalue weighted by atomic mass is 35.5. The highest BCUT2D eigenvalue weighted by Crippen LogP contribution is 2.24. The Hall–Kier alpha value is -1.12. The standard InChI is InChI=1S/C21H30Cl2FN3O3/c1-21(2,3)30-20(28)27-8-6-26(7-9-27)18-11-16(23)12-19(25-18)29-13-14-4-5-15(22)10-17(14)24/h4-5,10,16,18-19,25H,6-9,11-13H2,1-3H3. The second-order valence-corrected chi connectivity index (χ2v) is 9.84. The number of piperazine rings is 1. The van der Waals surface area contributed by atoms with Crippen molar-refractivity contribution in [2.45, 2.75) is 63.6 Å². The summed E-state index contributed by atoms with van der Waals surface area (Å²) in [6.45, 7) is 8.38. The second-order valence-electron chi connectivity index (χ2n) is 8.79. The molecule has 2 heterocycles. The van der Waals surface area contributed by atoms with Crippen LogP contribution in [0, 0.1) is 5.82 Å². The van der Waals surface area contributed by atoms with E-state index in [9.17, 15) is 9.18 Å². The zero-order valence-corrected chi connectivity index (χ0v) is 19.2. The molecule has 3 rings (SSSR count). The molecule has 0 aromatic heterocycles. The number of carbonyl (C=O) groups excluding carboxylic acids is 1. The van der Waals surface area contributed by atoms with Crippen LogP contribution in [0.25, 0.3) is 0 Å². The largest absolute Gasteiger partial charge is 0.444 e. The van der Waals surface area contributed by atoms with Gasteiger partial charge in [0, 0.05) is 48.6 Å². The van der Waals surface area contributed by atoms with Gasteiger partial charge in [0.25, 0.3) is 0 Å². The number of carbonyl (C=O) groups is 1. The van der Waals surface area contributed by atoms with Crippen molar-refractivity contribution in [3.63, 3.8) is 0 Å². The molecule has 0 saturated carbocycles. The Balaban J connectivity index is 1.50. The lowest BCUT2D eigenvalue weighted by Gasteiger charge is -2.44. The van der Waals surface area contributed by atoms with Gasteiger partial charge in [0.05, 0.1) is 12.8 Å². The molecule has 30 heavy (non-hydrogen) atoms. The van der Waals surface area contributed by atoms with Gasteiger partial charge in [-0.2, -0.15) is 0 Å². The first-order valence-corrected chi connectivity index (χ1v) is 11.1. The van der Waals surface area contributed by atoms with Gasteiger partial charge < -0.3 is 14.4 Å². The zero-order chi connectivity index (χ0) is 21.9. The third-order valence-electron chi connectivity index (χ3n) is 5.19. The summed E-state index contributed by atoms with van der Waals surface area (Å²) in [5.41, 5.74) is -0.0422. The van der Waals surface area contributed by atoms with Crippen molar-refractivity contribution in [3.05, 3.63) is 34.6 Å². The Labute approximate surface area is 187 Å². The summed E-state index contributed by atoms with van der Waals surface area (Å²) in [6.07, 6.45) is 0.918. The van der Waals surface area contributed by atoms with Gasteiger partial charge in [-0.3, -0.25) is 10.2 Å². The molecule has 0 aliphatic carbocycles. The van der Waals surface area contributed by atoms with Crippen LogP contribution in [-0.2, 0) is 16.1 Å². The van der Waals surface area contributed by atoms with E-state index in [1.54, 1.807) is 17.0 Å². The lowest BCUT2D eigenvalue weighted by molar-refractivity contribution is -0.0461. The lowest BCUT2D eigenvalue weighted by Crippen LogP contribution is -2.60. The Morgan fingerprint density at radius 1 is 1.23 bits per heavy atom. The number of alkyl halides is 1. The topological polar surface area (TPSA) is 54.0 Å². The van der Waals surface area contributed by atoms with Crippen LogP contribution in [0.2, 0.25) is 5.02 Å². The minimum atomic E-state index is -0.501. The zero-order valence-electron chi connectivity index (χ0n) is 17.7. The second kappa shape index (κ2) is 10.0. The van der Waals surface area contributed by atoms with E-state index in [2.05, 4.69) is 10.2 Å². The van der Waals surface area contributed by atoms with E-state index in [4.69, 9.17) is 32.7 Å². The number of nitrogens with zero attached hydrogens (tertiary/aromatic N) is 2. The van der Waals surface area contributed by atoms with Crippen LogP contribution >= 0.6 is 23.2 Å². The van der Waals surface area contributed by atoms with Crippen LogP contribution in [0.5, 0.6) is 0 Å². The maximum Gasteiger partial charge on any atom is 0.410 e. The van der Waals surface area contributed by atoms with Crippen molar-refractivity contribution in [3.8, 4) is 0 Å². The normalized spacial score (nSPS) is 25.9. The molecule has 2 aliphatic heterocycles. The van der Waals surface area contributed by atoms with E-state index in [0.717, 1.165) is 19.5 Å². The van der Waals surface area contributed by atoms with E-state index in [1.165, 1.54) is 6.07 Å². The molecule has 6 nitrogen and oxygen atoms in total. The minimum absolute atomic E-state index is 0.0415. The van der Waals surface area contributed by atoms with E-state index < -0.39 is 5.60 Å². The van der Waals surface area contributed by atoms with Crippen molar-refractivity contribution in [1.82, 2.24) is 15.1 Å². The van der Waals surface area contributed by atoms with Crippen LogP contribution in [0.1, 0.15) is 39.2 Å². The van der Waals surface area contributed by atoms with E-state index >= 15 is 0 Å². The summed E-state index contributed by atoms with van der Waals surface area (Å²) in [5.74, 6) is -0.379. The summed E-state index contributed by atoms with van der Waals surface area (Å²) in [4.78, 5) is 16.3. The van der Waals surface area contributed by atoms with Crippen molar-refractivity contribution in [2.75, 3.05) is 26.2 Å². The van der Waals surface area contributed by atoms with Crippen LogP contribution in [-0.4, -0.2) is 65.4 Å². The van der Waals surface area contributed by atoms with E-state index in [1.807, 2.05) is 20.8 Å². The molecule has 1 amide bonds. The van der Waals surface area contributed by atoms with E-state index in [-0.39, 0.29) is 36.3 Å². The summed E-state index contributed by atoms with van der Waals surface area (Å²) in [7, 11) is 0. The molecule has 1 aromatic carbocycles. The number of hydrogen-bond donors (Lipinski definition) is 1. The fraction of sp³-hybridized carbons (Fsp3) is 0.667. The molecule has 1 N–H and O–H groups in total. The molecular weight excluding hydrogens is 432 g/mol. The predicted molar refractivity (Wildman–Crippen MR) is 115 cm³/mol. The molecule has 1 aromatic rings. The van der Waals surface area contributed by atoms with Gasteiger partial charge in [0.1, 0.15) is 17.6 Å². The maximum atomic E-state index is 14.0. The molecule has 3 unspecified atom stereocenters. The number of nitrogens with one attached hydrogen (secondary N) is 1. The van der Waals surface area contributed by atoms with Gasteiger partial charge in [-0.25, -0.2) is 9.18 Å². The van der Waals surface area contributed by atoms with E-state index in [0.29, 0.717) is 30.1 Å². The molecule has 2 fully saturated rings. The van der Waals surface area contributed by atoms with Gasteiger partial charge in [0.15, 0.2) is 0 Å². The lowest BCUT2D eigenvalue weighted by atomic mass is 10.1. The van der Waals surface area contributed by atoms with Gasteiger partial charge in [-0.15, -0.1) is 11.6 Å². The van der Waals surface area contributed by atoms with Gasteiger partial charge in [-0.1, -0.05) is 17.7 Å². The van der Waals surface area contributed by atoms with Gasteiger partial charge >= 0.3 is 6.09 Å². The van der Waals surface area contributed by atoms with Crippen LogP contribution in [0.3, 0.4) is 0 Å². The maximum absolute atomic E-state index is 14.0. The third-order valence-corrected chi connectivity index (χ3v) is 5.78. The molecule has 2 saturated heterocycles. The number of piperidine rings is 1. The van der Waals surface area contributed by atoms with Gasteiger partial charge in [0.2, 0.25) is 0 Å². The van der Waals surface area contributed by atoms with Crippen LogP contribution in [0.15, 0.2) is 18.2 Å². The molecule has 0 spiro atoms. The average molecular weight is 462 g/mol. The van der Waals surface area contributed by atoms with Crippen LogP contribution in [0.4, 0.5) is 9.18 Å². The number of benzene rings is 1. The number of amides is 1. The quantitative estimate of drug-likeness (QED) is 0.681. The molecule has 168 valence electrons. The van der Waals surface area contributed by atoms with Crippen LogP contribution < -0.4 is 5.32 Å². The first-order valence-electron chi connectivity index (χ1n) is 10.3. The molecule has 2 aliphatic rings. The molecule has 3 atom stereocenters. The number of hydrogen-bond acceptors (Lipinski definition) is 5.